The summed E-state index contributed by atoms with van der Waals surface area (Å²) in [6, 6.07) is 8.63. The van der Waals surface area contributed by atoms with Crippen LogP contribution in [0, 0.1) is 6.92 Å². The van der Waals surface area contributed by atoms with Gasteiger partial charge in [0.1, 0.15) is 0 Å². The molecule has 0 spiro atoms. The van der Waals surface area contributed by atoms with Gasteiger partial charge in [-0.25, -0.2) is 0 Å². The lowest BCUT2D eigenvalue weighted by Gasteiger charge is -2.13. The summed E-state index contributed by atoms with van der Waals surface area (Å²) in [4.78, 5) is 0. The first-order valence-corrected chi connectivity index (χ1v) is 4.97. The van der Waals surface area contributed by atoms with E-state index in [-0.39, 0.29) is 6.04 Å². The molecule has 1 heteroatoms. The zero-order valence-electron chi connectivity index (χ0n) is 8.40. The van der Waals surface area contributed by atoms with Crippen LogP contribution in [0.15, 0.2) is 42.5 Å². The smallest absolute Gasteiger partial charge is 0.0262 e. The van der Waals surface area contributed by atoms with Crippen molar-refractivity contribution in [3.63, 3.8) is 0 Å². The van der Waals surface area contributed by atoms with Gasteiger partial charge in [0, 0.05) is 6.04 Å². The Kier molecular flexibility index (Phi) is 2.51. The van der Waals surface area contributed by atoms with Crippen molar-refractivity contribution >= 4 is 5.57 Å². The van der Waals surface area contributed by atoms with Crippen LogP contribution in [0.25, 0.3) is 5.57 Å². The van der Waals surface area contributed by atoms with E-state index in [0.717, 1.165) is 6.42 Å². The normalized spacial score (nSPS) is 20.7. The van der Waals surface area contributed by atoms with Crippen LogP contribution in [-0.2, 0) is 0 Å². The quantitative estimate of drug-likeness (QED) is 0.715. The molecule has 1 atom stereocenters. The van der Waals surface area contributed by atoms with Crippen LogP contribution in [0.4, 0.5) is 0 Å². The van der Waals surface area contributed by atoms with Crippen molar-refractivity contribution in [2.45, 2.75) is 19.4 Å². The Hall–Kier alpha value is -1.34. The summed E-state index contributed by atoms with van der Waals surface area (Å²) < 4.78 is 0. The standard InChI is InChI=1S/C13H15N/c1-10-4-2-3-5-13(10)11-6-8-12(14)9-7-11/h2-8,12H,9,14H2,1H3. The van der Waals surface area contributed by atoms with Crippen LogP contribution in [0.2, 0.25) is 0 Å². The number of hydrogen-bond acceptors (Lipinski definition) is 1. The molecule has 0 saturated heterocycles. The zero-order valence-corrected chi connectivity index (χ0v) is 8.40. The number of rotatable bonds is 1. The second kappa shape index (κ2) is 3.81. The molecule has 0 heterocycles. The van der Waals surface area contributed by atoms with Gasteiger partial charge in [0.2, 0.25) is 0 Å². The maximum absolute atomic E-state index is 5.78. The molecule has 2 N–H and O–H groups in total. The summed E-state index contributed by atoms with van der Waals surface area (Å²) in [5.74, 6) is 0. The minimum Gasteiger partial charge on any atom is -0.324 e. The molecule has 0 amide bonds. The lowest BCUT2D eigenvalue weighted by Crippen LogP contribution is -2.17. The van der Waals surface area contributed by atoms with E-state index >= 15 is 0 Å². The predicted molar refractivity (Wildman–Crippen MR) is 60.9 cm³/mol. The first-order chi connectivity index (χ1) is 6.77. The number of allylic oxidation sites excluding steroid dienone is 2. The summed E-state index contributed by atoms with van der Waals surface area (Å²) in [5, 5.41) is 0. The highest BCUT2D eigenvalue weighted by atomic mass is 14.6. The van der Waals surface area contributed by atoms with Crippen molar-refractivity contribution in [1.82, 2.24) is 0 Å². The molecule has 2 rings (SSSR count). The van der Waals surface area contributed by atoms with Crippen LogP contribution < -0.4 is 5.73 Å². The average molecular weight is 185 g/mol. The molecule has 1 aromatic carbocycles. The number of hydrogen-bond donors (Lipinski definition) is 1. The molecule has 0 bridgehead atoms. The SMILES string of the molecule is Cc1ccccc1C1=CCC(N)C=C1. The zero-order chi connectivity index (χ0) is 9.97. The number of nitrogens with two attached hydrogens (primary N) is 1. The molecular weight excluding hydrogens is 170 g/mol. The molecule has 0 aromatic heterocycles. The Labute approximate surface area is 84.9 Å². The maximum atomic E-state index is 5.78. The third-order valence-electron chi connectivity index (χ3n) is 2.59. The minimum atomic E-state index is 0.197. The van der Waals surface area contributed by atoms with Crippen LogP contribution in [0.3, 0.4) is 0 Å². The molecule has 14 heavy (non-hydrogen) atoms. The van der Waals surface area contributed by atoms with E-state index in [0.29, 0.717) is 0 Å². The number of aryl methyl sites for hydroxylation is 1. The predicted octanol–water partition coefficient (Wildman–Crippen LogP) is 2.67. The third kappa shape index (κ3) is 1.78. The van der Waals surface area contributed by atoms with Gasteiger partial charge in [0.15, 0.2) is 0 Å². The fourth-order valence-electron chi connectivity index (χ4n) is 1.73. The van der Waals surface area contributed by atoms with E-state index in [1.165, 1.54) is 16.7 Å². The summed E-state index contributed by atoms with van der Waals surface area (Å²) in [6.45, 7) is 2.14. The molecule has 1 unspecified atom stereocenters. The van der Waals surface area contributed by atoms with Crippen molar-refractivity contribution in [3.05, 3.63) is 53.6 Å². The van der Waals surface area contributed by atoms with E-state index in [9.17, 15) is 0 Å². The Morgan fingerprint density at radius 2 is 2.07 bits per heavy atom. The van der Waals surface area contributed by atoms with E-state index in [1.807, 2.05) is 0 Å². The monoisotopic (exact) mass is 185 g/mol. The average Bonchev–Trinajstić information content (AvgIpc) is 2.20. The lowest BCUT2D eigenvalue weighted by molar-refractivity contribution is 0.828. The largest absolute Gasteiger partial charge is 0.324 e. The van der Waals surface area contributed by atoms with Gasteiger partial charge >= 0.3 is 0 Å². The van der Waals surface area contributed by atoms with Gasteiger partial charge in [-0.05, 0) is 30.0 Å². The number of benzene rings is 1. The van der Waals surface area contributed by atoms with Gasteiger partial charge in [-0.3, -0.25) is 0 Å². The van der Waals surface area contributed by atoms with Crippen LogP contribution in [-0.4, -0.2) is 6.04 Å². The van der Waals surface area contributed by atoms with E-state index in [1.54, 1.807) is 0 Å². The van der Waals surface area contributed by atoms with Gasteiger partial charge in [-0.1, -0.05) is 42.5 Å². The topological polar surface area (TPSA) is 26.0 Å². The van der Waals surface area contributed by atoms with Gasteiger partial charge in [0.25, 0.3) is 0 Å². The van der Waals surface area contributed by atoms with Crippen LogP contribution in [0.1, 0.15) is 17.5 Å². The molecular formula is C13H15N. The first-order valence-electron chi connectivity index (χ1n) is 4.97. The fourth-order valence-corrected chi connectivity index (χ4v) is 1.73. The van der Waals surface area contributed by atoms with E-state index in [2.05, 4.69) is 49.4 Å². The minimum absolute atomic E-state index is 0.197. The summed E-state index contributed by atoms with van der Waals surface area (Å²) in [5.41, 5.74) is 9.71. The Morgan fingerprint density at radius 3 is 2.71 bits per heavy atom. The van der Waals surface area contributed by atoms with Gasteiger partial charge in [-0.2, -0.15) is 0 Å². The first kappa shape index (κ1) is 9.22. The second-order valence-corrected chi connectivity index (χ2v) is 3.73. The van der Waals surface area contributed by atoms with Gasteiger partial charge < -0.3 is 5.73 Å². The molecule has 72 valence electrons. The molecule has 1 aliphatic carbocycles. The molecule has 0 saturated carbocycles. The fraction of sp³-hybridized carbons (Fsp3) is 0.231. The van der Waals surface area contributed by atoms with Gasteiger partial charge in [-0.15, -0.1) is 0 Å². The molecule has 1 aromatic rings. The molecule has 0 fully saturated rings. The van der Waals surface area contributed by atoms with Crippen molar-refractivity contribution in [2.24, 2.45) is 5.73 Å². The highest BCUT2D eigenvalue weighted by Gasteiger charge is 2.06. The highest BCUT2D eigenvalue weighted by Crippen LogP contribution is 2.23. The van der Waals surface area contributed by atoms with Crippen LogP contribution >= 0.6 is 0 Å². The maximum Gasteiger partial charge on any atom is 0.0262 e. The summed E-state index contributed by atoms with van der Waals surface area (Å²) in [7, 11) is 0. The Balaban J connectivity index is 2.33. The van der Waals surface area contributed by atoms with Crippen molar-refractivity contribution < 1.29 is 0 Å². The highest BCUT2D eigenvalue weighted by molar-refractivity contribution is 5.76. The molecule has 0 aliphatic heterocycles. The van der Waals surface area contributed by atoms with Gasteiger partial charge in [0.05, 0.1) is 0 Å². The second-order valence-electron chi connectivity index (χ2n) is 3.73. The van der Waals surface area contributed by atoms with E-state index < -0.39 is 0 Å². The van der Waals surface area contributed by atoms with Crippen LogP contribution in [0.5, 0.6) is 0 Å². The Bertz CT molecular complexity index is 388. The van der Waals surface area contributed by atoms with Crippen molar-refractivity contribution in [2.75, 3.05) is 0 Å². The van der Waals surface area contributed by atoms with Crippen molar-refractivity contribution in [3.8, 4) is 0 Å². The Morgan fingerprint density at radius 1 is 1.29 bits per heavy atom. The van der Waals surface area contributed by atoms with E-state index in [4.69, 9.17) is 5.73 Å². The molecule has 0 radical (unpaired) electrons. The molecule has 1 aliphatic rings. The van der Waals surface area contributed by atoms with Crippen molar-refractivity contribution in [1.29, 1.82) is 0 Å². The lowest BCUT2D eigenvalue weighted by atomic mass is 9.95. The summed E-state index contributed by atoms with van der Waals surface area (Å²) >= 11 is 0. The molecule has 1 nitrogen and oxygen atoms in total. The summed E-state index contributed by atoms with van der Waals surface area (Å²) in [6.07, 6.45) is 7.35. The third-order valence-corrected chi connectivity index (χ3v) is 2.59.